The second-order valence-corrected chi connectivity index (χ2v) is 6.28. The predicted octanol–water partition coefficient (Wildman–Crippen LogP) is 3.15. The fraction of sp³-hybridized carbons (Fsp3) is 0.200. The summed E-state index contributed by atoms with van der Waals surface area (Å²) < 4.78 is 19.3. The molecule has 0 saturated heterocycles. The van der Waals surface area contributed by atoms with Gasteiger partial charge in [0, 0.05) is 38.7 Å². The van der Waals surface area contributed by atoms with Gasteiger partial charge >= 0.3 is 0 Å². The van der Waals surface area contributed by atoms with Gasteiger partial charge in [0.25, 0.3) is 5.91 Å². The highest BCUT2D eigenvalue weighted by molar-refractivity contribution is 5.96. The van der Waals surface area contributed by atoms with Crippen molar-refractivity contribution in [2.45, 2.75) is 12.8 Å². The summed E-state index contributed by atoms with van der Waals surface area (Å²) in [7, 11) is 3.29. The second kappa shape index (κ2) is 8.43. The Balaban J connectivity index is 1.59. The number of hydrogen-bond donors (Lipinski definition) is 1. The summed E-state index contributed by atoms with van der Waals surface area (Å²) in [6, 6.07) is 9.33. The molecule has 0 unspecified atom stereocenters. The maximum absolute atomic E-state index is 13.8. The van der Waals surface area contributed by atoms with Crippen LogP contribution >= 0.6 is 0 Å². The molecular weight excluding hydrogens is 363 g/mol. The standard InChI is InChI=1S/C20H19FN4O3/c1-25(2)20(27)13-9-10-22-17(11-13)24-18(26)7-8-19-23-12-16(28-19)14-5-3-4-6-15(14)21/h3-6,9-12H,7-8H2,1-2H3,(H,22,24,26). The lowest BCUT2D eigenvalue weighted by atomic mass is 10.2. The molecule has 0 spiro atoms. The van der Waals surface area contributed by atoms with Crippen LogP contribution in [0.25, 0.3) is 11.3 Å². The van der Waals surface area contributed by atoms with Crippen LogP contribution in [0.4, 0.5) is 10.2 Å². The summed E-state index contributed by atoms with van der Waals surface area (Å²) in [5.41, 5.74) is 0.745. The zero-order valence-corrected chi connectivity index (χ0v) is 15.5. The van der Waals surface area contributed by atoms with Gasteiger partial charge in [0.2, 0.25) is 5.91 Å². The van der Waals surface area contributed by atoms with Crippen LogP contribution in [0.3, 0.4) is 0 Å². The zero-order chi connectivity index (χ0) is 20.1. The topological polar surface area (TPSA) is 88.3 Å². The van der Waals surface area contributed by atoms with Crippen LogP contribution in [0.15, 0.2) is 53.2 Å². The first-order valence-electron chi connectivity index (χ1n) is 8.61. The highest BCUT2D eigenvalue weighted by Gasteiger charge is 2.13. The Bertz CT molecular complexity index is 1000. The van der Waals surface area contributed by atoms with Gasteiger partial charge in [-0.25, -0.2) is 14.4 Å². The number of rotatable bonds is 6. The molecule has 1 aromatic carbocycles. The van der Waals surface area contributed by atoms with E-state index in [2.05, 4.69) is 15.3 Å². The van der Waals surface area contributed by atoms with Gasteiger partial charge in [-0.2, -0.15) is 0 Å². The molecule has 0 aliphatic rings. The van der Waals surface area contributed by atoms with E-state index in [0.717, 1.165) is 0 Å². The molecule has 1 N–H and O–H groups in total. The van der Waals surface area contributed by atoms with E-state index in [1.54, 1.807) is 38.4 Å². The van der Waals surface area contributed by atoms with Crippen LogP contribution in [0, 0.1) is 5.82 Å². The summed E-state index contributed by atoms with van der Waals surface area (Å²) >= 11 is 0. The Morgan fingerprint density at radius 1 is 1.18 bits per heavy atom. The molecule has 2 heterocycles. The van der Waals surface area contributed by atoms with Gasteiger partial charge in [-0.3, -0.25) is 9.59 Å². The molecule has 7 nitrogen and oxygen atoms in total. The Morgan fingerprint density at radius 3 is 2.71 bits per heavy atom. The minimum absolute atomic E-state index is 0.102. The highest BCUT2D eigenvalue weighted by atomic mass is 19.1. The fourth-order valence-electron chi connectivity index (χ4n) is 2.53. The zero-order valence-electron chi connectivity index (χ0n) is 15.5. The number of amides is 2. The molecule has 144 valence electrons. The molecule has 2 amide bonds. The fourth-order valence-corrected chi connectivity index (χ4v) is 2.53. The van der Waals surface area contributed by atoms with Crippen molar-refractivity contribution in [3.05, 3.63) is 66.1 Å². The summed E-state index contributed by atoms with van der Waals surface area (Å²) in [5, 5.41) is 2.64. The molecule has 0 bridgehead atoms. The highest BCUT2D eigenvalue weighted by Crippen LogP contribution is 2.23. The van der Waals surface area contributed by atoms with Crippen LogP contribution in [0.2, 0.25) is 0 Å². The normalized spacial score (nSPS) is 10.5. The molecule has 0 saturated carbocycles. The first-order valence-corrected chi connectivity index (χ1v) is 8.61. The van der Waals surface area contributed by atoms with Crippen LogP contribution < -0.4 is 5.32 Å². The van der Waals surface area contributed by atoms with E-state index in [4.69, 9.17) is 4.42 Å². The number of pyridine rings is 1. The van der Waals surface area contributed by atoms with Crippen molar-refractivity contribution in [1.29, 1.82) is 0 Å². The lowest BCUT2D eigenvalue weighted by molar-refractivity contribution is -0.116. The van der Waals surface area contributed by atoms with E-state index in [1.165, 1.54) is 29.4 Å². The molecular formula is C20H19FN4O3. The van der Waals surface area contributed by atoms with Crippen molar-refractivity contribution < 1.29 is 18.4 Å². The maximum atomic E-state index is 13.8. The van der Waals surface area contributed by atoms with Crippen LogP contribution in [0.5, 0.6) is 0 Å². The Labute approximate surface area is 161 Å². The van der Waals surface area contributed by atoms with Gasteiger partial charge in [-0.15, -0.1) is 0 Å². The van der Waals surface area contributed by atoms with Crippen LogP contribution in [0.1, 0.15) is 22.7 Å². The van der Waals surface area contributed by atoms with Crippen molar-refractivity contribution in [2.24, 2.45) is 0 Å². The number of nitrogens with zero attached hydrogens (tertiary/aromatic N) is 3. The van der Waals surface area contributed by atoms with E-state index in [0.29, 0.717) is 22.8 Å². The number of carbonyl (C=O) groups is 2. The minimum atomic E-state index is -0.402. The number of oxazole rings is 1. The second-order valence-electron chi connectivity index (χ2n) is 6.28. The molecule has 0 aliphatic heterocycles. The van der Waals surface area contributed by atoms with E-state index >= 15 is 0 Å². The lowest BCUT2D eigenvalue weighted by Crippen LogP contribution is -2.22. The third kappa shape index (κ3) is 4.59. The van der Waals surface area contributed by atoms with Gasteiger partial charge in [0.05, 0.1) is 11.8 Å². The summed E-state index contributed by atoms with van der Waals surface area (Å²) in [6.07, 6.45) is 3.24. The largest absolute Gasteiger partial charge is 0.441 e. The summed E-state index contributed by atoms with van der Waals surface area (Å²) in [4.78, 5) is 33.7. The number of nitrogens with one attached hydrogen (secondary N) is 1. The number of hydrogen-bond acceptors (Lipinski definition) is 5. The molecule has 0 atom stereocenters. The average molecular weight is 382 g/mol. The lowest BCUT2D eigenvalue weighted by Gasteiger charge is -2.11. The third-order valence-electron chi connectivity index (χ3n) is 3.94. The summed E-state index contributed by atoms with van der Waals surface area (Å²) in [5.74, 6) is 0.0484. The van der Waals surface area contributed by atoms with Crippen molar-refractivity contribution in [2.75, 3.05) is 19.4 Å². The average Bonchev–Trinajstić information content (AvgIpc) is 3.15. The monoisotopic (exact) mass is 382 g/mol. The Morgan fingerprint density at radius 2 is 1.96 bits per heavy atom. The van der Waals surface area contributed by atoms with E-state index in [1.807, 2.05) is 0 Å². The predicted molar refractivity (Wildman–Crippen MR) is 101 cm³/mol. The van der Waals surface area contributed by atoms with Gasteiger partial charge < -0.3 is 14.6 Å². The number of benzene rings is 1. The number of aromatic nitrogens is 2. The number of halogens is 1. The first kappa shape index (κ1) is 19.2. The van der Waals surface area contributed by atoms with Crippen LogP contribution in [-0.4, -0.2) is 40.8 Å². The third-order valence-corrected chi connectivity index (χ3v) is 3.94. The van der Waals surface area contributed by atoms with Gasteiger partial charge in [-0.05, 0) is 24.3 Å². The number of aryl methyl sites for hydroxylation is 1. The van der Waals surface area contributed by atoms with Crippen LogP contribution in [-0.2, 0) is 11.2 Å². The Kier molecular flexibility index (Phi) is 5.78. The van der Waals surface area contributed by atoms with Gasteiger partial charge in [0.15, 0.2) is 11.7 Å². The van der Waals surface area contributed by atoms with E-state index in [9.17, 15) is 14.0 Å². The van der Waals surface area contributed by atoms with E-state index in [-0.39, 0.29) is 30.5 Å². The molecule has 8 heteroatoms. The van der Waals surface area contributed by atoms with Crippen molar-refractivity contribution in [1.82, 2.24) is 14.9 Å². The number of anilines is 1. The summed E-state index contributed by atoms with van der Waals surface area (Å²) in [6.45, 7) is 0. The molecule has 3 rings (SSSR count). The molecule has 0 aliphatic carbocycles. The molecule has 28 heavy (non-hydrogen) atoms. The maximum Gasteiger partial charge on any atom is 0.253 e. The van der Waals surface area contributed by atoms with Crippen molar-refractivity contribution in [3.63, 3.8) is 0 Å². The van der Waals surface area contributed by atoms with Gasteiger partial charge in [0.1, 0.15) is 11.6 Å². The molecule has 0 radical (unpaired) electrons. The van der Waals surface area contributed by atoms with E-state index < -0.39 is 5.82 Å². The van der Waals surface area contributed by atoms with Crippen molar-refractivity contribution in [3.8, 4) is 11.3 Å². The first-order chi connectivity index (χ1) is 13.4. The number of carbonyl (C=O) groups excluding carboxylic acids is 2. The minimum Gasteiger partial charge on any atom is -0.441 e. The van der Waals surface area contributed by atoms with Crippen molar-refractivity contribution >= 4 is 17.6 Å². The van der Waals surface area contributed by atoms with Gasteiger partial charge in [-0.1, -0.05) is 12.1 Å². The molecule has 3 aromatic rings. The quantitative estimate of drug-likeness (QED) is 0.708. The molecule has 2 aromatic heterocycles. The molecule has 0 fully saturated rings. The SMILES string of the molecule is CN(C)C(=O)c1ccnc(NC(=O)CCc2ncc(-c3ccccc3F)o2)c1. The Hall–Kier alpha value is -3.55. The smallest absolute Gasteiger partial charge is 0.253 e.